The molecule has 0 aliphatic heterocycles. The van der Waals surface area contributed by atoms with Gasteiger partial charge in [0.25, 0.3) is 0 Å². The number of halogens is 2. The molecule has 0 aromatic carbocycles. The molecule has 0 heterocycles. The smallest absolute Gasteiger partial charge is 0.112 e. The van der Waals surface area contributed by atoms with Crippen molar-refractivity contribution in [3.05, 3.63) is 0 Å². The van der Waals surface area contributed by atoms with Gasteiger partial charge in [0.15, 0.2) is 0 Å². The van der Waals surface area contributed by atoms with E-state index < -0.39 is 0 Å². The minimum atomic E-state index is -0.0401. The summed E-state index contributed by atoms with van der Waals surface area (Å²) in [5, 5.41) is 0.699. The van der Waals surface area contributed by atoms with Crippen molar-refractivity contribution < 1.29 is 9.03 Å². The number of alkyl halides is 1. The summed E-state index contributed by atoms with van der Waals surface area (Å²) in [5.74, 6) is 0. The number of hydrogen-bond acceptors (Lipinski definition) is 2. The molecule has 0 aromatic rings. The maximum absolute atomic E-state index is 5.04. The van der Waals surface area contributed by atoms with Crippen LogP contribution in [0.4, 0.5) is 0 Å². The van der Waals surface area contributed by atoms with E-state index in [0.29, 0.717) is 11.9 Å². The van der Waals surface area contributed by atoms with E-state index in [4.69, 9.17) is 16.6 Å². The Labute approximate surface area is 62.4 Å². The van der Waals surface area contributed by atoms with Crippen molar-refractivity contribution in [3.63, 3.8) is 0 Å². The van der Waals surface area contributed by atoms with Crippen molar-refractivity contribution in [1.82, 2.24) is 0 Å². The van der Waals surface area contributed by atoms with Crippen molar-refractivity contribution in [2.45, 2.75) is 6.10 Å². The third-order valence-corrected chi connectivity index (χ3v) is 1.62. The summed E-state index contributed by atoms with van der Waals surface area (Å²) in [5.41, 5.74) is 0. The molecule has 1 atom stereocenters. The Balaban J connectivity index is 3.07. The van der Waals surface area contributed by atoms with Crippen LogP contribution in [-0.2, 0) is 9.03 Å². The molecule has 0 saturated carbocycles. The highest BCUT2D eigenvalue weighted by atomic mass is 79.9. The fraction of sp³-hybridized carbons (Fsp3) is 1.00. The number of ether oxygens (including phenoxy) is 1. The molecular formula is C4H8BrClO2. The van der Waals surface area contributed by atoms with Crippen LogP contribution in [0.5, 0.6) is 0 Å². The summed E-state index contributed by atoms with van der Waals surface area (Å²) in [6.45, 7) is 0.523. The standard InChI is InChI=1S/C4H8BrClO2/c1-7-3-4(2-5)8-6/h4H,2-3H2,1H3/t4-/m0/s1. The van der Waals surface area contributed by atoms with Gasteiger partial charge in [0, 0.05) is 12.4 Å². The third-order valence-electron chi connectivity index (χ3n) is 0.651. The van der Waals surface area contributed by atoms with Gasteiger partial charge in [-0.2, -0.15) is 0 Å². The van der Waals surface area contributed by atoms with Gasteiger partial charge < -0.3 is 4.74 Å². The SMILES string of the molecule is COC[C@H](CBr)OCl. The van der Waals surface area contributed by atoms with Gasteiger partial charge in [-0.05, 0) is 0 Å². The zero-order valence-corrected chi connectivity index (χ0v) is 6.91. The Kier molecular flexibility index (Phi) is 6.32. The van der Waals surface area contributed by atoms with Crippen LogP contribution in [0.15, 0.2) is 0 Å². The Morgan fingerprint density at radius 3 is 2.50 bits per heavy atom. The van der Waals surface area contributed by atoms with Crippen molar-refractivity contribution in [1.29, 1.82) is 0 Å². The number of rotatable bonds is 4. The summed E-state index contributed by atoms with van der Waals surface area (Å²) in [4.78, 5) is 0. The average molecular weight is 203 g/mol. The first-order chi connectivity index (χ1) is 3.85. The molecular weight excluding hydrogens is 195 g/mol. The molecule has 0 unspecified atom stereocenters. The first-order valence-electron chi connectivity index (χ1n) is 2.17. The van der Waals surface area contributed by atoms with Crippen molar-refractivity contribution in [2.24, 2.45) is 0 Å². The van der Waals surface area contributed by atoms with E-state index in [9.17, 15) is 0 Å². The molecule has 0 aliphatic carbocycles. The van der Waals surface area contributed by atoms with E-state index in [0.717, 1.165) is 0 Å². The van der Waals surface area contributed by atoms with Gasteiger partial charge in [0.05, 0.1) is 18.5 Å². The van der Waals surface area contributed by atoms with Gasteiger partial charge in [-0.15, -0.1) is 0 Å². The van der Waals surface area contributed by atoms with E-state index in [1.807, 2.05) is 0 Å². The molecule has 0 amide bonds. The van der Waals surface area contributed by atoms with Gasteiger partial charge in [0.2, 0.25) is 0 Å². The van der Waals surface area contributed by atoms with E-state index in [1.54, 1.807) is 7.11 Å². The third kappa shape index (κ3) is 3.66. The Bertz CT molecular complexity index is 49.3. The molecule has 0 aliphatic rings. The molecule has 0 N–H and O–H groups in total. The first-order valence-corrected chi connectivity index (χ1v) is 3.60. The predicted octanol–water partition coefficient (Wildman–Crippen LogP) is 1.57. The fourth-order valence-corrected chi connectivity index (χ4v) is 0.866. The summed E-state index contributed by atoms with van der Waals surface area (Å²) in [6.07, 6.45) is -0.0401. The number of hydrogen-bond donors (Lipinski definition) is 0. The fourth-order valence-electron chi connectivity index (χ4n) is 0.280. The van der Waals surface area contributed by atoms with Gasteiger partial charge in [-0.1, -0.05) is 15.9 Å². The lowest BCUT2D eigenvalue weighted by atomic mass is 10.4. The minimum absolute atomic E-state index is 0.0401. The van der Waals surface area contributed by atoms with Crippen LogP contribution in [0.2, 0.25) is 0 Å². The lowest BCUT2D eigenvalue weighted by Crippen LogP contribution is -2.16. The molecule has 0 saturated heterocycles. The summed E-state index contributed by atoms with van der Waals surface area (Å²) in [7, 11) is 1.60. The second-order valence-electron chi connectivity index (χ2n) is 1.32. The molecule has 0 bridgehead atoms. The van der Waals surface area contributed by atoms with E-state index >= 15 is 0 Å². The largest absolute Gasteiger partial charge is 0.382 e. The first kappa shape index (κ1) is 8.69. The van der Waals surface area contributed by atoms with Gasteiger partial charge in [-0.3, -0.25) is 4.29 Å². The highest BCUT2D eigenvalue weighted by molar-refractivity contribution is 9.09. The van der Waals surface area contributed by atoms with Gasteiger partial charge in [-0.25, -0.2) is 0 Å². The second kappa shape index (κ2) is 5.82. The molecule has 8 heavy (non-hydrogen) atoms. The van der Waals surface area contributed by atoms with Gasteiger partial charge in [0.1, 0.15) is 6.10 Å². The zero-order valence-electron chi connectivity index (χ0n) is 4.56. The molecule has 2 nitrogen and oxygen atoms in total. The Hall–Kier alpha value is 0.690. The molecule has 4 heteroatoms. The Morgan fingerprint density at radius 1 is 1.75 bits per heavy atom. The van der Waals surface area contributed by atoms with E-state index in [-0.39, 0.29) is 6.10 Å². The van der Waals surface area contributed by atoms with Crippen LogP contribution in [0.1, 0.15) is 0 Å². The van der Waals surface area contributed by atoms with Crippen LogP contribution >= 0.6 is 27.8 Å². The second-order valence-corrected chi connectivity index (χ2v) is 2.15. The summed E-state index contributed by atoms with van der Waals surface area (Å²) >= 11 is 8.22. The van der Waals surface area contributed by atoms with Crippen molar-refractivity contribution in [2.75, 3.05) is 19.0 Å². The topological polar surface area (TPSA) is 18.5 Å². The lowest BCUT2D eigenvalue weighted by molar-refractivity contribution is 0.103. The predicted molar refractivity (Wildman–Crippen MR) is 36.4 cm³/mol. The molecule has 0 aromatic heterocycles. The zero-order chi connectivity index (χ0) is 6.41. The molecule has 50 valence electrons. The van der Waals surface area contributed by atoms with Crippen molar-refractivity contribution >= 4 is 27.8 Å². The maximum atomic E-state index is 5.04. The quantitative estimate of drug-likeness (QED) is 0.646. The maximum Gasteiger partial charge on any atom is 0.112 e. The highest BCUT2D eigenvalue weighted by Crippen LogP contribution is 1.99. The normalized spacial score (nSPS) is 13.9. The summed E-state index contributed by atoms with van der Waals surface area (Å²) in [6, 6.07) is 0. The summed E-state index contributed by atoms with van der Waals surface area (Å²) < 4.78 is 9.19. The van der Waals surface area contributed by atoms with Crippen LogP contribution in [0, 0.1) is 0 Å². The van der Waals surface area contributed by atoms with Crippen LogP contribution in [0.3, 0.4) is 0 Å². The van der Waals surface area contributed by atoms with E-state index in [1.165, 1.54) is 0 Å². The van der Waals surface area contributed by atoms with Gasteiger partial charge >= 0.3 is 0 Å². The number of methoxy groups -OCH3 is 1. The van der Waals surface area contributed by atoms with Crippen LogP contribution in [-0.4, -0.2) is 25.2 Å². The molecule has 0 spiro atoms. The minimum Gasteiger partial charge on any atom is -0.382 e. The van der Waals surface area contributed by atoms with Crippen LogP contribution < -0.4 is 0 Å². The molecule has 0 fully saturated rings. The monoisotopic (exact) mass is 202 g/mol. The van der Waals surface area contributed by atoms with Crippen LogP contribution in [0.25, 0.3) is 0 Å². The molecule has 0 rings (SSSR count). The lowest BCUT2D eigenvalue weighted by Gasteiger charge is -2.05. The van der Waals surface area contributed by atoms with E-state index in [2.05, 4.69) is 20.2 Å². The Morgan fingerprint density at radius 2 is 2.38 bits per heavy atom. The molecule has 0 radical (unpaired) electrons. The highest BCUT2D eigenvalue weighted by Gasteiger charge is 2.03. The van der Waals surface area contributed by atoms with Crippen molar-refractivity contribution in [3.8, 4) is 0 Å². The average Bonchev–Trinajstić information content (AvgIpc) is 1.83.